The predicted octanol–water partition coefficient (Wildman–Crippen LogP) is 3.75. The van der Waals surface area contributed by atoms with Crippen LogP contribution in [0.15, 0.2) is 12.1 Å². The SMILES string of the molecule is CC(C)(C)OC(=O)N1CCCc2ccc(CCI)nc21. The van der Waals surface area contributed by atoms with Crippen molar-refractivity contribution in [3.63, 3.8) is 0 Å². The maximum absolute atomic E-state index is 12.3. The number of pyridine rings is 1. The number of anilines is 1. The van der Waals surface area contributed by atoms with E-state index in [1.165, 1.54) is 0 Å². The number of halogens is 1. The van der Waals surface area contributed by atoms with Crippen molar-refractivity contribution in [3.8, 4) is 0 Å². The molecule has 110 valence electrons. The molecule has 0 unspecified atom stereocenters. The van der Waals surface area contributed by atoms with E-state index in [-0.39, 0.29) is 6.09 Å². The van der Waals surface area contributed by atoms with Crippen molar-refractivity contribution in [2.24, 2.45) is 0 Å². The third-order valence-corrected chi connectivity index (χ3v) is 3.60. The molecule has 1 amide bonds. The number of nitrogens with zero attached hydrogens (tertiary/aromatic N) is 2. The first-order chi connectivity index (χ1) is 9.40. The molecule has 0 spiro atoms. The fourth-order valence-electron chi connectivity index (χ4n) is 2.21. The van der Waals surface area contributed by atoms with Crippen LogP contribution in [0, 0.1) is 0 Å². The molecule has 0 aromatic carbocycles. The van der Waals surface area contributed by atoms with Crippen molar-refractivity contribution in [3.05, 3.63) is 23.4 Å². The standard InChI is InChI=1S/C15H21IN2O2/c1-15(2,3)20-14(19)18-10-4-5-11-6-7-12(8-9-16)17-13(11)18/h6-7H,4-5,8-10H2,1-3H3. The summed E-state index contributed by atoms with van der Waals surface area (Å²) < 4.78 is 6.50. The highest BCUT2D eigenvalue weighted by Crippen LogP contribution is 2.27. The van der Waals surface area contributed by atoms with Gasteiger partial charge in [0.05, 0.1) is 0 Å². The van der Waals surface area contributed by atoms with Crippen LogP contribution in [0.1, 0.15) is 38.4 Å². The molecular formula is C15H21IN2O2. The van der Waals surface area contributed by atoms with Gasteiger partial charge in [0.2, 0.25) is 0 Å². The first-order valence-corrected chi connectivity index (χ1v) is 8.48. The molecule has 20 heavy (non-hydrogen) atoms. The zero-order valence-corrected chi connectivity index (χ0v) is 14.4. The predicted molar refractivity (Wildman–Crippen MR) is 88.7 cm³/mol. The molecule has 0 N–H and O–H groups in total. The van der Waals surface area contributed by atoms with Crippen molar-refractivity contribution in [2.75, 3.05) is 15.9 Å². The summed E-state index contributed by atoms with van der Waals surface area (Å²) in [5, 5.41) is 0. The van der Waals surface area contributed by atoms with E-state index in [1.54, 1.807) is 4.90 Å². The number of alkyl halides is 1. The molecule has 0 radical (unpaired) electrons. The quantitative estimate of drug-likeness (QED) is 0.573. The van der Waals surface area contributed by atoms with Gasteiger partial charge in [0.15, 0.2) is 0 Å². The Morgan fingerprint density at radius 3 is 2.85 bits per heavy atom. The second-order valence-electron chi connectivity index (χ2n) is 5.96. The van der Waals surface area contributed by atoms with Gasteiger partial charge in [0, 0.05) is 16.7 Å². The highest BCUT2D eigenvalue weighted by atomic mass is 127. The van der Waals surface area contributed by atoms with Crippen molar-refractivity contribution in [2.45, 2.75) is 45.6 Å². The third-order valence-electron chi connectivity index (χ3n) is 3.06. The Kier molecular flexibility index (Phi) is 4.88. The number of aromatic nitrogens is 1. The highest BCUT2D eigenvalue weighted by molar-refractivity contribution is 14.1. The van der Waals surface area contributed by atoms with Gasteiger partial charge in [-0.15, -0.1) is 0 Å². The summed E-state index contributed by atoms with van der Waals surface area (Å²) in [6, 6.07) is 4.16. The number of amides is 1. The number of ether oxygens (including phenoxy) is 1. The van der Waals surface area contributed by atoms with Crippen molar-refractivity contribution in [1.29, 1.82) is 0 Å². The Hall–Kier alpha value is -0.850. The van der Waals surface area contributed by atoms with E-state index in [0.717, 1.165) is 40.8 Å². The first kappa shape index (κ1) is 15.5. The van der Waals surface area contributed by atoms with Gasteiger partial charge in [0.1, 0.15) is 11.4 Å². The van der Waals surface area contributed by atoms with Crippen LogP contribution in [0.25, 0.3) is 0 Å². The molecule has 5 heteroatoms. The lowest BCUT2D eigenvalue weighted by Gasteiger charge is -2.31. The lowest BCUT2D eigenvalue weighted by Crippen LogP contribution is -2.40. The van der Waals surface area contributed by atoms with Gasteiger partial charge in [-0.1, -0.05) is 28.7 Å². The van der Waals surface area contributed by atoms with Crippen LogP contribution in [0.2, 0.25) is 0 Å². The molecule has 0 atom stereocenters. The summed E-state index contributed by atoms with van der Waals surface area (Å²) in [4.78, 5) is 18.6. The molecule has 0 aliphatic carbocycles. The number of carbonyl (C=O) groups excluding carboxylic acids is 1. The van der Waals surface area contributed by atoms with Gasteiger partial charge < -0.3 is 4.74 Å². The van der Waals surface area contributed by atoms with E-state index < -0.39 is 5.60 Å². The van der Waals surface area contributed by atoms with Gasteiger partial charge in [-0.2, -0.15) is 0 Å². The largest absolute Gasteiger partial charge is 0.443 e. The number of hydrogen-bond acceptors (Lipinski definition) is 3. The van der Waals surface area contributed by atoms with E-state index in [2.05, 4.69) is 39.7 Å². The number of fused-ring (bicyclic) bond motifs is 1. The minimum Gasteiger partial charge on any atom is -0.443 e. The zero-order chi connectivity index (χ0) is 14.8. The van der Waals surface area contributed by atoms with Gasteiger partial charge in [-0.3, -0.25) is 4.90 Å². The van der Waals surface area contributed by atoms with Gasteiger partial charge >= 0.3 is 6.09 Å². The Labute approximate surface area is 134 Å². The number of aryl methyl sites for hydroxylation is 2. The molecule has 1 aliphatic heterocycles. The Morgan fingerprint density at radius 1 is 1.45 bits per heavy atom. The molecule has 0 fully saturated rings. The van der Waals surface area contributed by atoms with Crippen molar-refractivity contribution >= 4 is 34.5 Å². The lowest BCUT2D eigenvalue weighted by molar-refractivity contribution is 0.0576. The van der Waals surface area contributed by atoms with E-state index in [9.17, 15) is 4.79 Å². The molecular weight excluding hydrogens is 367 g/mol. The van der Waals surface area contributed by atoms with E-state index >= 15 is 0 Å². The number of hydrogen-bond donors (Lipinski definition) is 0. The summed E-state index contributed by atoms with van der Waals surface area (Å²) in [6.07, 6.45) is 2.57. The highest BCUT2D eigenvalue weighted by Gasteiger charge is 2.28. The van der Waals surface area contributed by atoms with Crippen LogP contribution >= 0.6 is 22.6 Å². The molecule has 0 bridgehead atoms. The van der Waals surface area contributed by atoms with Crippen LogP contribution in [0.4, 0.5) is 10.6 Å². The van der Waals surface area contributed by atoms with Crippen LogP contribution in [-0.4, -0.2) is 27.7 Å². The van der Waals surface area contributed by atoms with Crippen molar-refractivity contribution < 1.29 is 9.53 Å². The van der Waals surface area contributed by atoms with Crippen LogP contribution in [-0.2, 0) is 17.6 Å². The minimum atomic E-state index is -0.478. The van der Waals surface area contributed by atoms with E-state index in [0.29, 0.717) is 6.54 Å². The van der Waals surface area contributed by atoms with E-state index in [1.807, 2.05) is 20.8 Å². The second kappa shape index (κ2) is 6.28. The molecule has 1 aromatic rings. The monoisotopic (exact) mass is 388 g/mol. The minimum absolute atomic E-state index is 0.294. The Morgan fingerprint density at radius 2 is 2.20 bits per heavy atom. The summed E-state index contributed by atoms with van der Waals surface area (Å²) in [5.74, 6) is 0.785. The maximum atomic E-state index is 12.3. The fraction of sp³-hybridized carbons (Fsp3) is 0.600. The van der Waals surface area contributed by atoms with Gasteiger partial charge in [-0.25, -0.2) is 9.78 Å². The molecule has 0 saturated heterocycles. The molecule has 0 saturated carbocycles. The second-order valence-corrected chi connectivity index (χ2v) is 7.04. The average Bonchev–Trinajstić information content (AvgIpc) is 2.36. The van der Waals surface area contributed by atoms with Crippen LogP contribution in [0.3, 0.4) is 0 Å². The lowest BCUT2D eigenvalue weighted by atomic mass is 10.1. The van der Waals surface area contributed by atoms with Crippen molar-refractivity contribution in [1.82, 2.24) is 4.98 Å². The molecule has 2 rings (SSSR count). The summed E-state index contributed by atoms with van der Waals surface area (Å²) in [6.45, 7) is 6.34. The summed E-state index contributed by atoms with van der Waals surface area (Å²) in [7, 11) is 0. The zero-order valence-electron chi connectivity index (χ0n) is 12.3. The first-order valence-electron chi connectivity index (χ1n) is 6.96. The van der Waals surface area contributed by atoms with E-state index in [4.69, 9.17) is 4.74 Å². The van der Waals surface area contributed by atoms with Gasteiger partial charge in [-0.05, 0) is 51.7 Å². The van der Waals surface area contributed by atoms with Crippen LogP contribution in [0.5, 0.6) is 0 Å². The molecule has 2 heterocycles. The Balaban J connectivity index is 2.26. The number of carbonyl (C=O) groups is 1. The molecule has 1 aliphatic rings. The van der Waals surface area contributed by atoms with Gasteiger partial charge in [0.25, 0.3) is 0 Å². The molecule has 1 aromatic heterocycles. The topological polar surface area (TPSA) is 42.4 Å². The smallest absolute Gasteiger partial charge is 0.416 e. The normalized spacial score (nSPS) is 14.9. The molecule has 4 nitrogen and oxygen atoms in total. The third kappa shape index (κ3) is 3.84. The summed E-state index contributed by atoms with van der Waals surface area (Å²) in [5.41, 5.74) is 1.70. The fourth-order valence-corrected chi connectivity index (χ4v) is 2.76. The summed E-state index contributed by atoms with van der Waals surface area (Å²) >= 11 is 2.34. The van der Waals surface area contributed by atoms with Crippen LogP contribution < -0.4 is 4.90 Å². The number of rotatable bonds is 2. The maximum Gasteiger partial charge on any atom is 0.416 e. The average molecular weight is 388 g/mol. The Bertz CT molecular complexity index is 497.